The van der Waals surface area contributed by atoms with Crippen LogP contribution in [0.25, 0.3) is 11.1 Å². The summed E-state index contributed by atoms with van der Waals surface area (Å²) in [4.78, 5) is 64.2. The number of pyridine rings is 2. The van der Waals surface area contributed by atoms with Crippen LogP contribution in [-0.2, 0) is 14.3 Å². The number of likely N-dealkylation sites (tertiary alicyclic amines) is 1. The van der Waals surface area contributed by atoms with E-state index in [4.69, 9.17) is 20.8 Å². The van der Waals surface area contributed by atoms with Crippen molar-refractivity contribution in [2.24, 2.45) is 5.92 Å². The summed E-state index contributed by atoms with van der Waals surface area (Å²) in [6.45, 7) is 2.62. The number of carbonyl (C=O) groups excluding carboxylic acids is 4. The second-order valence-electron chi connectivity index (χ2n) is 10.8. The summed E-state index contributed by atoms with van der Waals surface area (Å²) in [6.07, 6.45) is 7.04. The van der Waals surface area contributed by atoms with Crippen molar-refractivity contribution in [2.45, 2.75) is 44.6 Å². The van der Waals surface area contributed by atoms with Gasteiger partial charge in [0.15, 0.2) is 5.58 Å². The van der Waals surface area contributed by atoms with Gasteiger partial charge in [-0.15, -0.1) is 0 Å². The Labute approximate surface area is 246 Å². The zero-order valence-electron chi connectivity index (χ0n) is 22.9. The lowest BCUT2D eigenvalue weighted by atomic mass is 9.84. The number of carbonyl (C=O) groups is 4. The molecule has 2 aliphatic heterocycles. The van der Waals surface area contributed by atoms with Crippen LogP contribution in [0.1, 0.15) is 59.4 Å². The minimum atomic E-state index is -0.643. The number of nitrogens with one attached hydrogen (secondary N) is 2. The first-order valence-electron chi connectivity index (χ1n) is 14.2. The number of nitrogens with zero attached hydrogens (tertiary/aromatic N) is 4. The molecule has 0 unspecified atom stereocenters. The van der Waals surface area contributed by atoms with Crippen molar-refractivity contribution in [3.05, 3.63) is 46.9 Å². The predicted octanol–water partition coefficient (Wildman–Crippen LogP) is 3.72. The Morgan fingerprint density at radius 2 is 1.76 bits per heavy atom. The number of rotatable bonds is 6. The molecule has 6 rings (SSSR count). The van der Waals surface area contributed by atoms with Crippen LogP contribution in [-0.4, -0.2) is 82.3 Å². The highest BCUT2D eigenvalue weighted by Crippen LogP contribution is 2.34. The lowest BCUT2D eigenvalue weighted by Crippen LogP contribution is -2.40. The molecular formula is C29H31ClN6O6. The lowest BCUT2D eigenvalue weighted by Gasteiger charge is -2.34. The minimum Gasteiger partial charge on any atom is -0.447 e. The van der Waals surface area contributed by atoms with Crippen LogP contribution in [0.3, 0.4) is 0 Å². The molecule has 3 aliphatic rings. The summed E-state index contributed by atoms with van der Waals surface area (Å²) in [6, 6.07) is 4.83. The summed E-state index contributed by atoms with van der Waals surface area (Å²) in [5.41, 5.74) is 0.878. The van der Waals surface area contributed by atoms with Gasteiger partial charge in [0.25, 0.3) is 11.8 Å². The maximum Gasteiger partial charge on any atom is 0.294 e. The molecule has 3 aromatic rings. The van der Waals surface area contributed by atoms with Crippen molar-refractivity contribution in [1.82, 2.24) is 19.8 Å². The van der Waals surface area contributed by atoms with Crippen molar-refractivity contribution in [2.75, 3.05) is 43.5 Å². The quantitative estimate of drug-likeness (QED) is 0.439. The fraction of sp³-hybridized carbons (Fsp3) is 0.448. The van der Waals surface area contributed by atoms with Gasteiger partial charge in [-0.3, -0.25) is 19.2 Å². The highest BCUT2D eigenvalue weighted by atomic mass is 35.5. The predicted molar refractivity (Wildman–Crippen MR) is 153 cm³/mol. The van der Waals surface area contributed by atoms with E-state index < -0.39 is 5.91 Å². The molecule has 0 radical (unpaired) electrons. The van der Waals surface area contributed by atoms with E-state index in [-0.39, 0.29) is 58.0 Å². The number of halogens is 1. The number of fused-ring (bicyclic) bond motifs is 1. The van der Waals surface area contributed by atoms with Crippen molar-refractivity contribution >= 4 is 57.8 Å². The van der Waals surface area contributed by atoms with Crippen LogP contribution < -0.4 is 10.6 Å². The van der Waals surface area contributed by atoms with E-state index in [1.807, 2.05) is 4.90 Å². The molecule has 0 bridgehead atoms. The van der Waals surface area contributed by atoms with E-state index in [1.165, 1.54) is 18.5 Å². The molecule has 2 saturated heterocycles. The Kier molecular flexibility index (Phi) is 8.07. The third-order valence-corrected chi connectivity index (χ3v) is 8.34. The molecule has 3 aromatic heterocycles. The van der Waals surface area contributed by atoms with Crippen LogP contribution in [0.5, 0.6) is 0 Å². The van der Waals surface area contributed by atoms with E-state index in [0.29, 0.717) is 56.2 Å². The Bertz CT molecular complexity index is 1510. The summed E-state index contributed by atoms with van der Waals surface area (Å²) in [7, 11) is 0. The number of morpholine rings is 1. The molecule has 220 valence electrons. The van der Waals surface area contributed by atoms with Gasteiger partial charge in [0.2, 0.25) is 17.6 Å². The standard InChI is InChI=1S/C29H31ClN6O6/c30-19-5-8-22(31-16-19)33-28(39)26-25(34-27(38)17-3-6-20(7-4-17)36-9-1-2-23(36)37)24-21(42-26)14-18(15-32-24)29(40)35-10-12-41-13-11-35/h5,8,14-17,20H,1-4,6-7,9-13H2,(H,34,38)(H,31,33,39). The fourth-order valence-corrected chi connectivity index (χ4v) is 5.99. The number of aromatic nitrogens is 2. The number of furan rings is 1. The Morgan fingerprint density at radius 1 is 0.976 bits per heavy atom. The summed E-state index contributed by atoms with van der Waals surface area (Å²) < 4.78 is 11.3. The molecule has 0 spiro atoms. The second kappa shape index (κ2) is 12.1. The lowest BCUT2D eigenvalue weighted by molar-refractivity contribution is -0.130. The molecule has 2 N–H and O–H groups in total. The van der Waals surface area contributed by atoms with Crippen LogP contribution in [0.2, 0.25) is 5.02 Å². The fourth-order valence-electron chi connectivity index (χ4n) is 5.87. The number of anilines is 2. The van der Waals surface area contributed by atoms with Gasteiger partial charge in [0.1, 0.15) is 17.0 Å². The molecule has 13 heteroatoms. The Hall–Kier alpha value is -4.03. The van der Waals surface area contributed by atoms with Crippen LogP contribution in [0.4, 0.5) is 11.5 Å². The number of ether oxygens (including phenoxy) is 1. The van der Waals surface area contributed by atoms with Crippen LogP contribution in [0.15, 0.2) is 35.0 Å². The van der Waals surface area contributed by atoms with Crippen molar-refractivity contribution < 1.29 is 28.3 Å². The molecule has 0 atom stereocenters. The Balaban J connectivity index is 1.24. The maximum absolute atomic E-state index is 13.5. The average molecular weight is 595 g/mol. The van der Waals surface area contributed by atoms with E-state index in [9.17, 15) is 19.2 Å². The Morgan fingerprint density at radius 3 is 2.45 bits per heavy atom. The summed E-state index contributed by atoms with van der Waals surface area (Å²) >= 11 is 5.92. The van der Waals surface area contributed by atoms with Crippen molar-refractivity contribution in [3.63, 3.8) is 0 Å². The van der Waals surface area contributed by atoms with E-state index >= 15 is 0 Å². The molecular weight excluding hydrogens is 564 g/mol. The molecule has 4 amide bonds. The first-order valence-corrected chi connectivity index (χ1v) is 14.6. The van der Waals surface area contributed by atoms with Crippen LogP contribution >= 0.6 is 11.6 Å². The van der Waals surface area contributed by atoms with Gasteiger partial charge in [0.05, 0.1) is 23.8 Å². The molecule has 42 heavy (non-hydrogen) atoms. The monoisotopic (exact) mass is 594 g/mol. The molecule has 1 saturated carbocycles. The van der Waals surface area contributed by atoms with Gasteiger partial charge in [-0.05, 0) is 50.3 Å². The third-order valence-electron chi connectivity index (χ3n) is 8.12. The summed E-state index contributed by atoms with van der Waals surface area (Å²) in [5, 5.41) is 5.97. The minimum absolute atomic E-state index is 0.128. The zero-order valence-corrected chi connectivity index (χ0v) is 23.7. The van der Waals surface area contributed by atoms with E-state index in [0.717, 1.165) is 25.8 Å². The summed E-state index contributed by atoms with van der Waals surface area (Å²) in [5.74, 6) is -1.13. The zero-order chi connectivity index (χ0) is 29.2. The number of amides is 4. The first kappa shape index (κ1) is 28.1. The van der Waals surface area contributed by atoms with Crippen molar-refractivity contribution in [1.29, 1.82) is 0 Å². The van der Waals surface area contributed by atoms with Crippen molar-refractivity contribution in [3.8, 4) is 0 Å². The third kappa shape index (κ3) is 5.82. The molecule has 1 aliphatic carbocycles. The largest absolute Gasteiger partial charge is 0.447 e. The molecule has 0 aromatic carbocycles. The van der Waals surface area contributed by atoms with Gasteiger partial charge in [-0.2, -0.15) is 0 Å². The van der Waals surface area contributed by atoms with Gasteiger partial charge in [-0.1, -0.05) is 11.6 Å². The highest BCUT2D eigenvalue weighted by molar-refractivity contribution is 6.30. The van der Waals surface area contributed by atoms with Gasteiger partial charge < -0.3 is 29.6 Å². The van der Waals surface area contributed by atoms with Crippen LogP contribution in [0, 0.1) is 5.92 Å². The smallest absolute Gasteiger partial charge is 0.294 e. The topological polar surface area (TPSA) is 147 Å². The molecule has 3 fully saturated rings. The molecule has 5 heterocycles. The van der Waals surface area contributed by atoms with Gasteiger partial charge in [-0.25, -0.2) is 9.97 Å². The van der Waals surface area contributed by atoms with E-state index in [2.05, 4.69) is 20.6 Å². The van der Waals surface area contributed by atoms with Gasteiger partial charge >= 0.3 is 0 Å². The highest BCUT2D eigenvalue weighted by Gasteiger charge is 2.34. The average Bonchev–Trinajstić information content (AvgIpc) is 3.61. The maximum atomic E-state index is 13.5. The molecule has 12 nitrogen and oxygen atoms in total. The SMILES string of the molecule is O=C(Nc1ccc(Cl)cn1)c1oc2cc(C(=O)N3CCOCC3)cnc2c1NC(=O)C1CCC(N2CCCC2=O)CC1. The normalized spacial score (nSPS) is 21.0. The number of hydrogen-bond donors (Lipinski definition) is 2. The number of hydrogen-bond acceptors (Lipinski definition) is 8. The second-order valence-corrected chi connectivity index (χ2v) is 11.2. The van der Waals surface area contributed by atoms with E-state index in [1.54, 1.807) is 17.0 Å². The first-order chi connectivity index (χ1) is 20.4. The van der Waals surface area contributed by atoms with Gasteiger partial charge in [0, 0.05) is 50.4 Å².